The molecule has 1 aliphatic carbocycles. The highest BCUT2D eigenvalue weighted by Gasteiger charge is 2.12. The van der Waals surface area contributed by atoms with Crippen molar-refractivity contribution in [3.05, 3.63) is 107 Å². The van der Waals surface area contributed by atoms with E-state index in [2.05, 4.69) is 0 Å². The molecule has 0 spiro atoms. The van der Waals surface area contributed by atoms with E-state index in [1.54, 1.807) is 6.08 Å². The third-order valence-electron chi connectivity index (χ3n) is 3.92. The van der Waals surface area contributed by atoms with Crippen LogP contribution in [0.2, 0.25) is 0 Å². The average Bonchev–Trinajstić information content (AvgIpc) is 3.48. The van der Waals surface area contributed by atoms with E-state index in [0.717, 1.165) is 24.0 Å². The van der Waals surface area contributed by atoms with Crippen LogP contribution in [0, 0.1) is 0 Å². The number of nitrogens with two attached hydrogens (primary N) is 2. The fourth-order valence-corrected chi connectivity index (χ4v) is 2.37. The molecule has 0 saturated heterocycles. The molecule has 0 aliphatic heterocycles. The van der Waals surface area contributed by atoms with Gasteiger partial charge in [-0.3, -0.25) is 0 Å². The van der Waals surface area contributed by atoms with E-state index < -0.39 is 0 Å². The minimum atomic E-state index is 0.224. The molecule has 0 bridgehead atoms. The predicted molar refractivity (Wildman–Crippen MR) is 103 cm³/mol. The van der Waals surface area contributed by atoms with Gasteiger partial charge in [0.2, 0.25) is 5.88 Å². The lowest BCUT2D eigenvalue weighted by Gasteiger charge is -2.13. The summed E-state index contributed by atoms with van der Waals surface area (Å²) in [7, 11) is 0. The SMILES string of the molecule is N/C(C=C1CC1)=C\C(OCc1ccccc1)=C(/N)OCc1ccccc1. The maximum Gasteiger partial charge on any atom is 0.228 e. The van der Waals surface area contributed by atoms with Gasteiger partial charge in [-0.1, -0.05) is 66.2 Å². The van der Waals surface area contributed by atoms with Crippen LogP contribution in [-0.2, 0) is 22.7 Å². The fraction of sp³-hybridized carbons (Fsp3) is 0.182. The molecule has 2 aromatic carbocycles. The maximum absolute atomic E-state index is 6.14. The largest absolute Gasteiger partial charge is 0.483 e. The van der Waals surface area contributed by atoms with Crippen molar-refractivity contribution in [2.45, 2.75) is 26.1 Å². The second-order valence-corrected chi connectivity index (χ2v) is 6.22. The Morgan fingerprint density at radius 3 is 1.88 bits per heavy atom. The molecule has 0 heterocycles. The van der Waals surface area contributed by atoms with Crippen LogP contribution >= 0.6 is 0 Å². The van der Waals surface area contributed by atoms with Gasteiger partial charge in [-0.15, -0.1) is 0 Å². The zero-order chi connectivity index (χ0) is 18.2. The minimum absolute atomic E-state index is 0.224. The third-order valence-corrected chi connectivity index (χ3v) is 3.92. The molecular weight excluding hydrogens is 324 g/mol. The van der Waals surface area contributed by atoms with Crippen LogP contribution in [-0.4, -0.2) is 0 Å². The van der Waals surface area contributed by atoms with E-state index in [-0.39, 0.29) is 5.88 Å². The lowest BCUT2D eigenvalue weighted by molar-refractivity contribution is 0.144. The van der Waals surface area contributed by atoms with Crippen molar-refractivity contribution in [2.75, 3.05) is 0 Å². The van der Waals surface area contributed by atoms with Gasteiger partial charge in [0.1, 0.15) is 13.2 Å². The Balaban J connectivity index is 1.72. The van der Waals surface area contributed by atoms with Gasteiger partial charge in [0.05, 0.1) is 0 Å². The molecule has 4 nitrogen and oxygen atoms in total. The Kier molecular flexibility index (Phi) is 5.99. The van der Waals surface area contributed by atoms with Crippen molar-refractivity contribution in [1.82, 2.24) is 0 Å². The first-order valence-electron chi connectivity index (χ1n) is 8.70. The van der Waals surface area contributed by atoms with Crippen LogP contribution in [0.15, 0.2) is 95.7 Å². The molecule has 1 aliphatic rings. The Morgan fingerprint density at radius 1 is 0.808 bits per heavy atom. The Hall–Kier alpha value is -3.14. The van der Waals surface area contributed by atoms with Gasteiger partial charge >= 0.3 is 0 Å². The molecule has 0 aromatic heterocycles. The van der Waals surface area contributed by atoms with Crippen LogP contribution in [0.5, 0.6) is 0 Å². The third kappa shape index (κ3) is 5.74. The minimum Gasteiger partial charge on any atom is -0.483 e. The summed E-state index contributed by atoms with van der Waals surface area (Å²) in [5.74, 6) is 0.668. The quantitative estimate of drug-likeness (QED) is 0.556. The standard InChI is InChI=1S/C22H24N2O2/c23-20(13-17-11-12-17)14-21(25-15-18-7-3-1-4-8-18)22(24)26-16-19-9-5-2-6-10-19/h1-10,13-14H,11-12,15-16,23-24H2/b20-14-,22-21-. The van der Waals surface area contributed by atoms with E-state index in [0.29, 0.717) is 24.7 Å². The highest BCUT2D eigenvalue weighted by molar-refractivity contribution is 5.32. The summed E-state index contributed by atoms with van der Waals surface area (Å²) in [5.41, 5.74) is 16.3. The second kappa shape index (κ2) is 8.81. The topological polar surface area (TPSA) is 70.5 Å². The zero-order valence-electron chi connectivity index (χ0n) is 14.7. The predicted octanol–water partition coefficient (Wildman–Crippen LogP) is 4.11. The summed E-state index contributed by atoms with van der Waals surface area (Å²) in [4.78, 5) is 0. The van der Waals surface area contributed by atoms with E-state index >= 15 is 0 Å². The molecule has 26 heavy (non-hydrogen) atoms. The Bertz CT molecular complexity index is 803. The molecule has 4 N–H and O–H groups in total. The highest BCUT2D eigenvalue weighted by Crippen LogP contribution is 2.28. The van der Waals surface area contributed by atoms with Gasteiger partial charge in [-0.25, -0.2) is 0 Å². The van der Waals surface area contributed by atoms with Crippen LogP contribution < -0.4 is 11.5 Å². The smallest absolute Gasteiger partial charge is 0.228 e. The molecule has 1 saturated carbocycles. The monoisotopic (exact) mass is 348 g/mol. The first-order chi connectivity index (χ1) is 12.7. The molecule has 1 fully saturated rings. The van der Waals surface area contributed by atoms with Gasteiger partial charge in [0, 0.05) is 11.8 Å². The Labute approximate surface area is 154 Å². The number of hydrogen-bond donors (Lipinski definition) is 2. The van der Waals surface area contributed by atoms with Crippen molar-refractivity contribution in [3.63, 3.8) is 0 Å². The summed E-state index contributed by atoms with van der Waals surface area (Å²) in [6.07, 6.45) is 5.92. The first-order valence-corrected chi connectivity index (χ1v) is 8.70. The van der Waals surface area contributed by atoms with Crippen molar-refractivity contribution >= 4 is 0 Å². The first kappa shape index (κ1) is 17.7. The molecule has 0 amide bonds. The molecule has 4 heteroatoms. The number of benzene rings is 2. The molecule has 2 aromatic rings. The summed E-state index contributed by atoms with van der Waals surface area (Å²) < 4.78 is 11.6. The molecule has 3 rings (SSSR count). The van der Waals surface area contributed by atoms with Crippen LogP contribution in [0.3, 0.4) is 0 Å². The summed E-state index contributed by atoms with van der Waals surface area (Å²) in [6.45, 7) is 0.769. The number of allylic oxidation sites excluding steroid dienone is 3. The maximum atomic E-state index is 6.14. The van der Waals surface area contributed by atoms with Crippen LogP contribution in [0.1, 0.15) is 24.0 Å². The van der Waals surface area contributed by atoms with E-state index in [1.807, 2.05) is 66.7 Å². The molecular formula is C22H24N2O2. The molecule has 0 unspecified atom stereocenters. The normalized spacial score (nSPS) is 14.5. The van der Waals surface area contributed by atoms with Crippen molar-refractivity contribution in [2.24, 2.45) is 11.5 Å². The van der Waals surface area contributed by atoms with Gasteiger partial charge in [0.15, 0.2) is 5.76 Å². The zero-order valence-corrected chi connectivity index (χ0v) is 14.7. The van der Waals surface area contributed by atoms with Crippen molar-refractivity contribution in [1.29, 1.82) is 0 Å². The molecule has 134 valence electrons. The lowest BCUT2D eigenvalue weighted by Crippen LogP contribution is -2.10. The lowest BCUT2D eigenvalue weighted by atomic mass is 10.2. The Morgan fingerprint density at radius 2 is 1.35 bits per heavy atom. The fourth-order valence-electron chi connectivity index (χ4n) is 2.37. The van der Waals surface area contributed by atoms with E-state index in [9.17, 15) is 0 Å². The van der Waals surface area contributed by atoms with E-state index in [1.165, 1.54) is 5.57 Å². The summed E-state index contributed by atoms with van der Waals surface area (Å²) >= 11 is 0. The van der Waals surface area contributed by atoms with Crippen LogP contribution in [0.25, 0.3) is 0 Å². The van der Waals surface area contributed by atoms with Gasteiger partial charge in [-0.2, -0.15) is 0 Å². The van der Waals surface area contributed by atoms with E-state index in [4.69, 9.17) is 20.9 Å². The highest BCUT2D eigenvalue weighted by atomic mass is 16.5. The van der Waals surface area contributed by atoms with Crippen molar-refractivity contribution in [3.8, 4) is 0 Å². The van der Waals surface area contributed by atoms with Gasteiger partial charge < -0.3 is 20.9 Å². The second-order valence-electron chi connectivity index (χ2n) is 6.22. The molecule has 0 radical (unpaired) electrons. The van der Waals surface area contributed by atoms with Crippen LogP contribution in [0.4, 0.5) is 0 Å². The summed E-state index contributed by atoms with van der Waals surface area (Å²) in [5, 5.41) is 0. The average molecular weight is 348 g/mol. The summed E-state index contributed by atoms with van der Waals surface area (Å²) in [6, 6.07) is 19.8. The molecule has 0 atom stereocenters. The number of rotatable bonds is 8. The van der Waals surface area contributed by atoms with Gasteiger partial charge in [-0.05, 0) is 30.0 Å². The number of ether oxygens (including phenoxy) is 2. The van der Waals surface area contributed by atoms with Crippen molar-refractivity contribution < 1.29 is 9.47 Å². The number of hydrogen-bond acceptors (Lipinski definition) is 4. The van der Waals surface area contributed by atoms with Gasteiger partial charge in [0.25, 0.3) is 0 Å².